The van der Waals surface area contributed by atoms with Gasteiger partial charge in [0.05, 0.1) is 6.21 Å². The highest BCUT2D eigenvalue weighted by molar-refractivity contribution is 7.15. The number of nitrogens with zero attached hydrogens (tertiary/aromatic N) is 3. The highest BCUT2D eigenvalue weighted by Crippen LogP contribution is 2.24. The highest BCUT2D eigenvalue weighted by Gasteiger charge is 2.09. The molecule has 3 aromatic rings. The molecule has 0 saturated carbocycles. The molecule has 0 aliphatic heterocycles. The summed E-state index contributed by atoms with van der Waals surface area (Å²) in [5, 5.41) is 12.5. The molecule has 10 heteroatoms. The van der Waals surface area contributed by atoms with Crippen molar-refractivity contribution in [2.45, 2.75) is 6.42 Å². The Labute approximate surface area is 151 Å². The van der Waals surface area contributed by atoms with Gasteiger partial charge in [-0.3, -0.25) is 0 Å². The van der Waals surface area contributed by atoms with Crippen molar-refractivity contribution < 1.29 is 14.0 Å². The first kappa shape index (κ1) is 16.9. The predicted octanol–water partition coefficient (Wildman–Crippen LogP) is 2.66. The summed E-state index contributed by atoms with van der Waals surface area (Å²) in [6.07, 6.45) is 1.33. The topological polar surface area (TPSA) is 116 Å². The fourth-order valence-corrected chi connectivity index (χ4v) is 2.67. The van der Waals surface area contributed by atoms with Gasteiger partial charge in [-0.25, -0.2) is 4.79 Å². The molecule has 0 atom stereocenters. The molecule has 25 heavy (non-hydrogen) atoms. The number of benzene rings is 1. The molecule has 128 valence electrons. The van der Waals surface area contributed by atoms with Crippen LogP contribution in [0.2, 0.25) is 5.02 Å². The van der Waals surface area contributed by atoms with Crippen molar-refractivity contribution in [1.29, 1.82) is 0 Å². The molecule has 2 aromatic heterocycles. The first-order chi connectivity index (χ1) is 12.1. The molecule has 0 saturated heterocycles. The number of carbonyl (C=O) groups excluding carboxylic acids is 1. The predicted molar refractivity (Wildman–Crippen MR) is 94.0 cm³/mol. The molecular weight excluding hydrogens is 366 g/mol. The van der Waals surface area contributed by atoms with Crippen LogP contribution < -0.4 is 11.3 Å². The third-order valence-corrected chi connectivity index (χ3v) is 3.91. The molecule has 0 bridgehead atoms. The number of carbonyl (C=O) groups is 1. The van der Waals surface area contributed by atoms with E-state index in [9.17, 15) is 4.79 Å². The quantitative estimate of drug-likeness (QED) is 0.501. The van der Waals surface area contributed by atoms with Crippen LogP contribution in [-0.2, 0) is 16.1 Å². The fraction of sp³-hybridized carbons (Fsp3) is 0.0667. The molecule has 3 N–H and O–H groups in total. The SMILES string of the molecule is Nc1nnc(CC(=O)ONN=Cc2ccc(-c3cccc(Cl)c3)o2)s1. The normalized spacial score (nSPS) is 10.9. The van der Waals surface area contributed by atoms with E-state index in [0.717, 1.165) is 16.9 Å². The Kier molecular flexibility index (Phi) is 5.26. The maximum absolute atomic E-state index is 11.6. The first-order valence-electron chi connectivity index (χ1n) is 7.01. The van der Waals surface area contributed by atoms with Gasteiger partial charge in [-0.2, -0.15) is 0 Å². The first-order valence-corrected chi connectivity index (χ1v) is 8.21. The molecule has 0 spiro atoms. The van der Waals surface area contributed by atoms with Crippen LogP contribution in [0.3, 0.4) is 0 Å². The van der Waals surface area contributed by atoms with Gasteiger partial charge in [0.25, 0.3) is 0 Å². The molecule has 1 aromatic carbocycles. The Morgan fingerprint density at radius 3 is 3.04 bits per heavy atom. The number of hydrogen-bond acceptors (Lipinski definition) is 9. The maximum Gasteiger partial charge on any atom is 0.341 e. The van der Waals surface area contributed by atoms with Crippen LogP contribution in [0.1, 0.15) is 10.8 Å². The third-order valence-electron chi connectivity index (χ3n) is 2.92. The van der Waals surface area contributed by atoms with Crippen LogP contribution in [0.15, 0.2) is 45.9 Å². The molecular formula is C15H12ClN5O3S. The Morgan fingerprint density at radius 1 is 1.40 bits per heavy atom. The van der Waals surface area contributed by atoms with E-state index in [1.165, 1.54) is 6.21 Å². The van der Waals surface area contributed by atoms with E-state index < -0.39 is 5.97 Å². The van der Waals surface area contributed by atoms with E-state index in [-0.39, 0.29) is 6.42 Å². The second-order valence-corrected chi connectivity index (χ2v) is 6.28. The van der Waals surface area contributed by atoms with Crippen molar-refractivity contribution >= 4 is 40.3 Å². The number of nitrogens with two attached hydrogens (primary N) is 1. The van der Waals surface area contributed by atoms with E-state index >= 15 is 0 Å². The zero-order valence-electron chi connectivity index (χ0n) is 12.7. The van der Waals surface area contributed by atoms with E-state index in [1.807, 2.05) is 12.1 Å². The number of nitrogen functional groups attached to an aromatic ring is 1. The van der Waals surface area contributed by atoms with Gasteiger partial charge >= 0.3 is 5.97 Å². The number of halogens is 1. The minimum atomic E-state index is -0.563. The molecule has 0 unspecified atom stereocenters. The lowest BCUT2D eigenvalue weighted by atomic mass is 10.2. The monoisotopic (exact) mass is 377 g/mol. The summed E-state index contributed by atoms with van der Waals surface area (Å²) in [6.45, 7) is 0. The van der Waals surface area contributed by atoms with Crippen molar-refractivity contribution in [3.8, 4) is 11.3 Å². The summed E-state index contributed by atoms with van der Waals surface area (Å²) in [5.41, 5.74) is 8.46. The van der Waals surface area contributed by atoms with Gasteiger partial charge in [-0.1, -0.05) is 35.1 Å². The molecule has 0 aliphatic rings. The number of aromatic nitrogens is 2. The van der Waals surface area contributed by atoms with Crippen LogP contribution in [-0.4, -0.2) is 22.4 Å². The average molecular weight is 378 g/mol. The zero-order chi connectivity index (χ0) is 17.6. The van der Waals surface area contributed by atoms with Crippen molar-refractivity contribution in [2.24, 2.45) is 5.10 Å². The lowest BCUT2D eigenvalue weighted by Gasteiger charge is -1.99. The summed E-state index contributed by atoms with van der Waals surface area (Å²) in [5.74, 6) is 0.567. The standard InChI is InChI=1S/C15H12ClN5O3S/c16-10-3-1-2-9(6-10)12-5-4-11(23-12)8-18-21-24-14(22)7-13-19-20-15(17)25-13/h1-6,8,21H,7H2,(H2,17,20). The van der Waals surface area contributed by atoms with Gasteiger partial charge in [-0.05, 0) is 24.3 Å². The zero-order valence-corrected chi connectivity index (χ0v) is 14.3. The molecule has 0 aliphatic carbocycles. The Hall–Kier alpha value is -2.91. The van der Waals surface area contributed by atoms with Crippen molar-refractivity contribution in [3.63, 3.8) is 0 Å². The molecule has 8 nitrogen and oxygen atoms in total. The van der Waals surface area contributed by atoms with Crippen LogP contribution in [0.4, 0.5) is 5.13 Å². The van der Waals surface area contributed by atoms with Crippen molar-refractivity contribution in [3.05, 3.63) is 52.2 Å². The van der Waals surface area contributed by atoms with E-state index in [2.05, 4.69) is 20.9 Å². The van der Waals surface area contributed by atoms with Gasteiger partial charge in [0.2, 0.25) is 5.13 Å². The summed E-state index contributed by atoms with van der Waals surface area (Å²) in [6, 6.07) is 10.8. The number of rotatable bonds is 6. The lowest BCUT2D eigenvalue weighted by molar-refractivity contribution is -0.150. The Balaban J connectivity index is 1.50. The number of hydrazone groups is 1. The number of hydrogen-bond donors (Lipinski definition) is 2. The van der Waals surface area contributed by atoms with Crippen molar-refractivity contribution in [1.82, 2.24) is 15.8 Å². The summed E-state index contributed by atoms with van der Waals surface area (Å²) in [4.78, 5) is 16.3. The van der Waals surface area contributed by atoms with Crippen LogP contribution in [0.5, 0.6) is 0 Å². The minimum absolute atomic E-state index is 0.0446. The lowest BCUT2D eigenvalue weighted by Crippen LogP contribution is -2.16. The summed E-state index contributed by atoms with van der Waals surface area (Å²) >= 11 is 7.07. The maximum atomic E-state index is 11.6. The summed E-state index contributed by atoms with van der Waals surface area (Å²) < 4.78 is 5.61. The van der Waals surface area contributed by atoms with Gasteiger partial charge < -0.3 is 15.0 Å². The fourth-order valence-electron chi connectivity index (χ4n) is 1.88. The van der Waals surface area contributed by atoms with Crippen LogP contribution in [0.25, 0.3) is 11.3 Å². The van der Waals surface area contributed by atoms with Gasteiger partial charge in [0.15, 0.2) is 0 Å². The molecule has 0 amide bonds. The molecule has 2 heterocycles. The van der Waals surface area contributed by atoms with Crippen molar-refractivity contribution in [2.75, 3.05) is 5.73 Å². The van der Waals surface area contributed by atoms with Gasteiger partial charge in [0, 0.05) is 10.6 Å². The largest absolute Gasteiger partial charge is 0.455 e. The van der Waals surface area contributed by atoms with Gasteiger partial charge in [-0.15, -0.1) is 20.9 Å². The highest BCUT2D eigenvalue weighted by atomic mass is 35.5. The molecule has 3 rings (SSSR count). The third kappa shape index (κ3) is 4.78. The van der Waals surface area contributed by atoms with E-state index in [4.69, 9.17) is 26.6 Å². The van der Waals surface area contributed by atoms with Crippen LogP contribution >= 0.6 is 22.9 Å². The van der Waals surface area contributed by atoms with Crippen LogP contribution in [0, 0.1) is 0 Å². The second-order valence-electron chi connectivity index (χ2n) is 4.75. The number of anilines is 1. The smallest absolute Gasteiger partial charge is 0.341 e. The summed E-state index contributed by atoms with van der Waals surface area (Å²) in [7, 11) is 0. The second kappa shape index (κ2) is 7.77. The minimum Gasteiger partial charge on any atom is -0.455 e. The van der Waals surface area contributed by atoms with E-state index in [0.29, 0.717) is 26.7 Å². The van der Waals surface area contributed by atoms with Gasteiger partial charge in [0.1, 0.15) is 22.9 Å². The molecule has 0 radical (unpaired) electrons. The average Bonchev–Trinajstić information content (AvgIpc) is 3.21. The Morgan fingerprint density at radius 2 is 2.28 bits per heavy atom. The molecule has 0 fully saturated rings. The van der Waals surface area contributed by atoms with E-state index in [1.54, 1.807) is 24.3 Å². The number of nitrogens with one attached hydrogen (secondary N) is 1. The number of furan rings is 1. The Bertz CT molecular complexity index is 908.